The number of hydrogen-bond donors (Lipinski definition) is 1. The second-order valence-electron chi connectivity index (χ2n) is 6.19. The van der Waals surface area contributed by atoms with Crippen LogP contribution in [0.5, 0.6) is 5.75 Å². The lowest BCUT2D eigenvalue weighted by atomic mass is 10.1. The highest BCUT2D eigenvalue weighted by atomic mass is 16.5. The van der Waals surface area contributed by atoms with Crippen molar-refractivity contribution in [2.24, 2.45) is 0 Å². The van der Waals surface area contributed by atoms with E-state index in [0.29, 0.717) is 5.75 Å². The molecule has 5 nitrogen and oxygen atoms in total. The van der Waals surface area contributed by atoms with Gasteiger partial charge in [-0.1, -0.05) is 12.1 Å². The third-order valence-corrected chi connectivity index (χ3v) is 3.71. The number of carbonyl (C=O) groups excluding carboxylic acids is 1. The largest absolute Gasteiger partial charge is 0.481 e. The summed E-state index contributed by atoms with van der Waals surface area (Å²) in [4.78, 5) is 21.0. The highest BCUT2D eigenvalue weighted by Gasteiger charge is 2.15. The lowest BCUT2D eigenvalue weighted by Gasteiger charge is -2.16. The molecule has 1 atom stereocenters. The third kappa shape index (κ3) is 4.12. The molecule has 1 heterocycles. The summed E-state index contributed by atoms with van der Waals surface area (Å²) in [6, 6.07) is 15.4. The predicted molar refractivity (Wildman–Crippen MR) is 98.3 cm³/mol. The van der Waals surface area contributed by atoms with E-state index in [4.69, 9.17) is 4.74 Å². The summed E-state index contributed by atoms with van der Waals surface area (Å²) in [5.74, 6) is 0.517. The molecule has 0 fully saturated rings. The molecule has 0 spiro atoms. The van der Waals surface area contributed by atoms with Crippen LogP contribution in [0.2, 0.25) is 0 Å². The van der Waals surface area contributed by atoms with Gasteiger partial charge in [0.25, 0.3) is 5.91 Å². The van der Waals surface area contributed by atoms with Gasteiger partial charge in [-0.05, 0) is 57.2 Å². The van der Waals surface area contributed by atoms with E-state index in [0.717, 1.165) is 22.3 Å². The van der Waals surface area contributed by atoms with Gasteiger partial charge in [-0.25, -0.2) is 4.98 Å². The van der Waals surface area contributed by atoms with Gasteiger partial charge in [0.05, 0.1) is 22.9 Å². The van der Waals surface area contributed by atoms with Crippen LogP contribution in [0.4, 0.5) is 0 Å². The Kier molecular flexibility index (Phi) is 4.93. The fraction of sp³-hybridized carbons (Fsp3) is 0.250. The van der Waals surface area contributed by atoms with E-state index in [1.807, 2.05) is 62.4 Å². The molecule has 0 aliphatic rings. The van der Waals surface area contributed by atoms with E-state index in [1.165, 1.54) is 0 Å². The molecule has 0 aliphatic carbocycles. The van der Waals surface area contributed by atoms with Crippen molar-refractivity contribution < 1.29 is 9.53 Å². The van der Waals surface area contributed by atoms with Crippen molar-refractivity contribution in [2.75, 3.05) is 0 Å². The van der Waals surface area contributed by atoms with Crippen molar-refractivity contribution >= 4 is 16.9 Å². The number of fused-ring (bicyclic) bond motifs is 1. The Morgan fingerprint density at radius 3 is 2.36 bits per heavy atom. The van der Waals surface area contributed by atoms with Gasteiger partial charge in [0.15, 0.2) is 6.10 Å². The third-order valence-electron chi connectivity index (χ3n) is 3.71. The van der Waals surface area contributed by atoms with Gasteiger partial charge in [-0.2, -0.15) is 0 Å². The smallest absolute Gasteiger partial charge is 0.260 e. The molecule has 0 saturated heterocycles. The quantitative estimate of drug-likeness (QED) is 0.774. The van der Waals surface area contributed by atoms with E-state index in [2.05, 4.69) is 15.3 Å². The molecular formula is C20H21N3O2. The molecule has 0 radical (unpaired) electrons. The summed E-state index contributed by atoms with van der Waals surface area (Å²) in [6.45, 7) is 5.58. The zero-order chi connectivity index (χ0) is 17.8. The first-order valence-electron chi connectivity index (χ1n) is 8.32. The fourth-order valence-corrected chi connectivity index (χ4v) is 2.46. The van der Waals surface area contributed by atoms with Crippen LogP contribution >= 0.6 is 0 Å². The number of carbonyl (C=O) groups is 1. The maximum absolute atomic E-state index is 11.9. The maximum Gasteiger partial charge on any atom is 0.260 e. The van der Waals surface area contributed by atoms with Crippen LogP contribution in [0.1, 0.15) is 20.8 Å². The van der Waals surface area contributed by atoms with Gasteiger partial charge in [0.2, 0.25) is 0 Å². The summed E-state index contributed by atoms with van der Waals surface area (Å²) >= 11 is 0. The number of nitrogens with zero attached hydrogens (tertiary/aromatic N) is 2. The van der Waals surface area contributed by atoms with Crippen LogP contribution in [-0.2, 0) is 4.79 Å². The average Bonchev–Trinajstić information content (AvgIpc) is 2.61. The summed E-state index contributed by atoms with van der Waals surface area (Å²) < 4.78 is 5.69. The number of ether oxygens (including phenoxy) is 1. The molecule has 128 valence electrons. The molecule has 25 heavy (non-hydrogen) atoms. The Hall–Kier alpha value is -2.95. The summed E-state index contributed by atoms with van der Waals surface area (Å²) in [6.07, 6.45) is 1.21. The minimum absolute atomic E-state index is 0.0902. The van der Waals surface area contributed by atoms with E-state index >= 15 is 0 Å². The number of para-hydroxylation sites is 2. The molecule has 3 aromatic rings. The standard InChI is InChI=1S/C20H21N3O2/c1-13(2)22-20(24)14(3)25-16-10-8-15(9-11-16)19-12-21-17-6-4-5-7-18(17)23-19/h4-14H,1-3H3,(H,22,24)/t14-/m0/s1. The van der Waals surface area contributed by atoms with Crippen LogP contribution < -0.4 is 10.1 Å². The normalized spacial score (nSPS) is 12.2. The minimum Gasteiger partial charge on any atom is -0.481 e. The zero-order valence-electron chi connectivity index (χ0n) is 14.6. The fourth-order valence-electron chi connectivity index (χ4n) is 2.46. The van der Waals surface area contributed by atoms with Crippen molar-refractivity contribution in [1.29, 1.82) is 0 Å². The number of benzene rings is 2. The number of nitrogens with one attached hydrogen (secondary N) is 1. The monoisotopic (exact) mass is 335 g/mol. The molecular weight excluding hydrogens is 314 g/mol. The molecule has 1 amide bonds. The molecule has 0 bridgehead atoms. The average molecular weight is 335 g/mol. The Labute approximate surface area is 147 Å². The molecule has 1 aromatic heterocycles. The second kappa shape index (κ2) is 7.30. The van der Waals surface area contributed by atoms with Gasteiger partial charge in [0.1, 0.15) is 5.75 Å². The first kappa shape index (κ1) is 16.9. The molecule has 2 aromatic carbocycles. The molecule has 1 N–H and O–H groups in total. The van der Waals surface area contributed by atoms with E-state index in [-0.39, 0.29) is 11.9 Å². The maximum atomic E-state index is 11.9. The van der Waals surface area contributed by atoms with Gasteiger partial charge in [0, 0.05) is 11.6 Å². The highest BCUT2D eigenvalue weighted by molar-refractivity contribution is 5.81. The van der Waals surface area contributed by atoms with Crippen molar-refractivity contribution in [2.45, 2.75) is 32.9 Å². The molecule has 0 unspecified atom stereocenters. The predicted octanol–water partition coefficient (Wildman–Crippen LogP) is 3.59. The van der Waals surface area contributed by atoms with E-state index < -0.39 is 6.10 Å². The Bertz CT molecular complexity index is 876. The topological polar surface area (TPSA) is 64.1 Å². The minimum atomic E-state index is -0.547. The number of hydrogen-bond acceptors (Lipinski definition) is 4. The van der Waals surface area contributed by atoms with Crippen molar-refractivity contribution in [3.05, 3.63) is 54.7 Å². The van der Waals surface area contributed by atoms with Gasteiger partial charge >= 0.3 is 0 Å². The van der Waals surface area contributed by atoms with Crippen LogP contribution in [0.25, 0.3) is 22.3 Å². The summed E-state index contributed by atoms with van der Waals surface area (Å²) in [5.41, 5.74) is 3.48. The molecule has 3 rings (SSSR count). The van der Waals surface area contributed by atoms with Crippen LogP contribution in [0.3, 0.4) is 0 Å². The van der Waals surface area contributed by atoms with Gasteiger partial charge in [-0.3, -0.25) is 9.78 Å². The van der Waals surface area contributed by atoms with Crippen molar-refractivity contribution in [3.8, 4) is 17.0 Å². The van der Waals surface area contributed by atoms with Crippen LogP contribution in [-0.4, -0.2) is 28.0 Å². The lowest BCUT2D eigenvalue weighted by Crippen LogP contribution is -2.39. The highest BCUT2D eigenvalue weighted by Crippen LogP contribution is 2.22. The van der Waals surface area contributed by atoms with E-state index in [1.54, 1.807) is 13.1 Å². The van der Waals surface area contributed by atoms with Gasteiger partial charge in [-0.15, -0.1) is 0 Å². The Morgan fingerprint density at radius 1 is 1.00 bits per heavy atom. The summed E-state index contributed by atoms with van der Waals surface area (Å²) in [5, 5.41) is 2.83. The van der Waals surface area contributed by atoms with Gasteiger partial charge < -0.3 is 10.1 Å². The molecule has 5 heteroatoms. The number of aromatic nitrogens is 2. The molecule has 0 saturated carbocycles. The van der Waals surface area contributed by atoms with Crippen molar-refractivity contribution in [1.82, 2.24) is 15.3 Å². The zero-order valence-corrected chi connectivity index (χ0v) is 14.6. The molecule has 0 aliphatic heterocycles. The van der Waals surface area contributed by atoms with Crippen LogP contribution in [0, 0.1) is 0 Å². The van der Waals surface area contributed by atoms with E-state index in [9.17, 15) is 4.79 Å². The van der Waals surface area contributed by atoms with Crippen molar-refractivity contribution in [3.63, 3.8) is 0 Å². The first-order chi connectivity index (χ1) is 12.0. The summed E-state index contributed by atoms with van der Waals surface area (Å²) in [7, 11) is 0. The van der Waals surface area contributed by atoms with Crippen LogP contribution in [0.15, 0.2) is 54.7 Å². The SMILES string of the molecule is CC(C)NC(=O)[C@H](C)Oc1ccc(-c2cnc3ccccc3n2)cc1. The first-order valence-corrected chi connectivity index (χ1v) is 8.32. The number of amides is 1. The number of rotatable bonds is 5. The Balaban J connectivity index is 1.74. The lowest BCUT2D eigenvalue weighted by molar-refractivity contribution is -0.127. The Morgan fingerprint density at radius 2 is 1.68 bits per heavy atom. The second-order valence-corrected chi connectivity index (χ2v) is 6.19.